The Morgan fingerprint density at radius 2 is 1.65 bits per heavy atom. The van der Waals surface area contributed by atoms with Gasteiger partial charge in [0.15, 0.2) is 0 Å². The number of ether oxygens (including phenoxy) is 3. The molecule has 4 nitrogen and oxygen atoms in total. The molecule has 0 amide bonds. The summed E-state index contributed by atoms with van der Waals surface area (Å²) in [4.78, 5) is 11.1. The van der Waals surface area contributed by atoms with Crippen molar-refractivity contribution >= 4 is 5.97 Å². The lowest BCUT2D eigenvalue weighted by Crippen LogP contribution is -2.12. The fraction of sp³-hybridized carbons (Fsp3) is 0.846. The first kappa shape index (κ1) is 16.4. The maximum absolute atomic E-state index is 11.1. The maximum atomic E-state index is 11.1. The molecule has 0 heterocycles. The van der Waals surface area contributed by atoms with Gasteiger partial charge in [-0.2, -0.15) is 0 Å². The summed E-state index contributed by atoms with van der Waals surface area (Å²) >= 11 is 0. The highest BCUT2D eigenvalue weighted by Crippen LogP contribution is 1.96. The van der Waals surface area contributed by atoms with Gasteiger partial charge in [-0.15, -0.1) is 0 Å². The molecule has 0 spiro atoms. The molecule has 0 atom stereocenters. The number of carbonyl (C=O) groups excluding carboxylic acids is 1. The van der Waals surface area contributed by atoms with E-state index < -0.39 is 0 Å². The number of unbranched alkanes of at least 4 members (excludes halogenated alkanes) is 2. The van der Waals surface area contributed by atoms with Gasteiger partial charge in [-0.1, -0.05) is 26.7 Å². The molecule has 0 aromatic heterocycles. The fourth-order valence-corrected chi connectivity index (χ4v) is 1.12. The molecule has 17 heavy (non-hydrogen) atoms. The summed E-state index contributed by atoms with van der Waals surface area (Å²) in [5.41, 5.74) is 0. The average molecular weight is 245 g/mol. The molecule has 0 bridgehead atoms. The van der Waals surface area contributed by atoms with Crippen molar-refractivity contribution in [2.75, 3.05) is 33.0 Å². The Morgan fingerprint density at radius 3 is 2.29 bits per heavy atom. The predicted molar refractivity (Wildman–Crippen MR) is 66.7 cm³/mol. The minimum Gasteiger partial charge on any atom is -0.463 e. The molecular weight excluding hydrogens is 220 g/mol. The Hall–Kier alpha value is -0.610. The van der Waals surface area contributed by atoms with Crippen LogP contribution in [-0.2, 0) is 19.0 Å². The van der Waals surface area contributed by atoms with E-state index >= 15 is 0 Å². The van der Waals surface area contributed by atoms with E-state index in [1.807, 2.05) is 0 Å². The second-order valence-corrected chi connectivity index (χ2v) is 3.76. The first-order chi connectivity index (χ1) is 8.31. The number of esters is 1. The quantitative estimate of drug-likeness (QED) is 0.391. The SMILES string of the molecule is [CH2]CCCC(=O)OCCOCCOCCCC. The zero-order valence-corrected chi connectivity index (χ0v) is 10.9. The van der Waals surface area contributed by atoms with Gasteiger partial charge in [0.2, 0.25) is 0 Å². The van der Waals surface area contributed by atoms with Crippen molar-refractivity contribution in [2.24, 2.45) is 0 Å². The molecule has 0 rings (SSSR count). The van der Waals surface area contributed by atoms with Gasteiger partial charge in [0.05, 0.1) is 19.8 Å². The molecule has 0 N–H and O–H groups in total. The van der Waals surface area contributed by atoms with Crippen LogP contribution < -0.4 is 0 Å². The third-order valence-corrected chi connectivity index (χ3v) is 2.14. The third kappa shape index (κ3) is 13.3. The van der Waals surface area contributed by atoms with Crippen LogP contribution in [0.25, 0.3) is 0 Å². The number of hydrogen-bond donors (Lipinski definition) is 0. The molecule has 0 aliphatic carbocycles. The topological polar surface area (TPSA) is 44.8 Å². The summed E-state index contributed by atoms with van der Waals surface area (Å²) in [6.07, 6.45) is 4.23. The predicted octanol–water partition coefficient (Wildman–Crippen LogP) is 2.37. The summed E-state index contributed by atoms with van der Waals surface area (Å²) in [5.74, 6) is -0.170. The van der Waals surface area contributed by atoms with E-state index in [1.165, 1.54) is 0 Å². The van der Waals surface area contributed by atoms with Gasteiger partial charge < -0.3 is 14.2 Å². The summed E-state index contributed by atoms with van der Waals surface area (Å²) < 4.78 is 15.5. The van der Waals surface area contributed by atoms with Crippen LogP contribution in [0.2, 0.25) is 0 Å². The van der Waals surface area contributed by atoms with Crippen molar-refractivity contribution in [1.82, 2.24) is 0 Å². The van der Waals surface area contributed by atoms with E-state index in [1.54, 1.807) is 0 Å². The Morgan fingerprint density at radius 1 is 1.00 bits per heavy atom. The van der Waals surface area contributed by atoms with E-state index in [2.05, 4.69) is 13.8 Å². The largest absolute Gasteiger partial charge is 0.463 e. The monoisotopic (exact) mass is 245 g/mol. The maximum Gasteiger partial charge on any atom is 0.305 e. The van der Waals surface area contributed by atoms with Crippen LogP contribution in [0.5, 0.6) is 0 Å². The Bertz CT molecular complexity index is 171. The molecule has 0 aliphatic heterocycles. The minimum absolute atomic E-state index is 0.170. The average Bonchev–Trinajstić information content (AvgIpc) is 2.34. The van der Waals surface area contributed by atoms with Gasteiger partial charge >= 0.3 is 5.97 Å². The van der Waals surface area contributed by atoms with Gasteiger partial charge in [0, 0.05) is 13.0 Å². The van der Waals surface area contributed by atoms with E-state index in [-0.39, 0.29) is 5.97 Å². The van der Waals surface area contributed by atoms with E-state index in [0.29, 0.717) is 32.8 Å². The molecule has 0 unspecified atom stereocenters. The molecular formula is C13H25O4. The minimum atomic E-state index is -0.170. The van der Waals surface area contributed by atoms with Gasteiger partial charge in [0.1, 0.15) is 6.61 Å². The smallest absolute Gasteiger partial charge is 0.305 e. The Kier molecular flexibility index (Phi) is 13.0. The highest BCUT2D eigenvalue weighted by molar-refractivity contribution is 5.69. The van der Waals surface area contributed by atoms with E-state index in [4.69, 9.17) is 14.2 Å². The highest BCUT2D eigenvalue weighted by atomic mass is 16.6. The van der Waals surface area contributed by atoms with E-state index in [9.17, 15) is 4.79 Å². The van der Waals surface area contributed by atoms with Crippen molar-refractivity contribution in [1.29, 1.82) is 0 Å². The molecule has 0 saturated heterocycles. The summed E-state index contributed by atoms with van der Waals surface area (Å²) in [5, 5.41) is 0. The van der Waals surface area contributed by atoms with Gasteiger partial charge in [0.25, 0.3) is 0 Å². The van der Waals surface area contributed by atoms with Crippen LogP contribution in [-0.4, -0.2) is 39.0 Å². The molecule has 0 aliphatic rings. The van der Waals surface area contributed by atoms with Gasteiger partial charge in [-0.25, -0.2) is 0 Å². The van der Waals surface area contributed by atoms with Crippen LogP contribution >= 0.6 is 0 Å². The summed E-state index contributed by atoms with van der Waals surface area (Å²) in [7, 11) is 0. The van der Waals surface area contributed by atoms with Crippen molar-refractivity contribution in [3.8, 4) is 0 Å². The van der Waals surface area contributed by atoms with Crippen LogP contribution in [0.1, 0.15) is 39.0 Å². The fourth-order valence-electron chi connectivity index (χ4n) is 1.12. The second kappa shape index (κ2) is 13.5. The first-order valence-corrected chi connectivity index (χ1v) is 6.41. The molecule has 0 saturated carbocycles. The number of carbonyl (C=O) groups is 1. The van der Waals surface area contributed by atoms with Gasteiger partial charge in [-0.3, -0.25) is 4.79 Å². The number of rotatable bonds is 12. The van der Waals surface area contributed by atoms with E-state index in [0.717, 1.165) is 32.3 Å². The lowest BCUT2D eigenvalue weighted by atomic mass is 10.2. The van der Waals surface area contributed by atoms with Crippen molar-refractivity contribution in [3.05, 3.63) is 6.92 Å². The Balaban J connectivity index is 3.05. The van der Waals surface area contributed by atoms with Crippen molar-refractivity contribution in [2.45, 2.75) is 39.0 Å². The lowest BCUT2D eigenvalue weighted by Gasteiger charge is -2.06. The standard InChI is InChI=1S/C13H25O4/c1-3-5-7-13(14)17-12-11-16-10-9-15-8-6-4-2/h1,3-12H2,2H3. The zero-order valence-electron chi connectivity index (χ0n) is 10.9. The van der Waals surface area contributed by atoms with Crippen LogP contribution in [0.4, 0.5) is 0 Å². The van der Waals surface area contributed by atoms with Crippen LogP contribution in [0, 0.1) is 6.92 Å². The molecule has 0 fully saturated rings. The highest BCUT2D eigenvalue weighted by Gasteiger charge is 2.00. The zero-order chi connectivity index (χ0) is 12.8. The number of hydrogen-bond acceptors (Lipinski definition) is 4. The molecule has 4 heteroatoms. The molecule has 0 aromatic rings. The molecule has 1 radical (unpaired) electrons. The van der Waals surface area contributed by atoms with Crippen molar-refractivity contribution in [3.63, 3.8) is 0 Å². The lowest BCUT2D eigenvalue weighted by molar-refractivity contribution is -0.145. The van der Waals surface area contributed by atoms with Crippen molar-refractivity contribution < 1.29 is 19.0 Å². The third-order valence-electron chi connectivity index (χ3n) is 2.14. The van der Waals surface area contributed by atoms with Crippen LogP contribution in [0.15, 0.2) is 0 Å². The molecule has 101 valence electrons. The summed E-state index contributed by atoms with van der Waals surface area (Å²) in [6.45, 7) is 8.51. The summed E-state index contributed by atoms with van der Waals surface area (Å²) in [6, 6.07) is 0. The van der Waals surface area contributed by atoms with Crippen LogP contribution in [0.3, 0.4) is 0 Å². The second-order valence-electron chi connectivity index (χ2n) is 3.76. The molecule has 0 aromatic carbocycles. The first-order valence-electron chi connectivity index (χ1n) is 6.41. The Labute approximate surface area is 105 Å². The van der Waals surface area contributed by atoms with Gasteiger partial charge in [-0.05, 0) is 12.8 Å². The normalized spacial score (nSPS) is 10.5.